The van der Waals surface area contributed by atoms with E-state index in [1.807, 2.05) is 28.9 Å². The van der Waals surface area contributed by atoms with E-state index in [2.05, 4.69) is 45.0 Å². The van der Waals surface area contributed by atoms with Crippen LogP contribution in [0.4, 0.5) is 10.3 Å². The number of hydrogen-bond donors (Lipinski definition) is 0. The zero-order chi connectivity index (χ0) is 22.6. The fraction of sp³-hybridized carbons (Fsp3) is 0.269. The lowest BCUT2D eigenvalue weighted by Crippen LogP contribution is -2.31. The van der Waals surface area contributed by atoms with Crippen LogP contribution in [0.25, 0.3) is 16.9 Å². The van der Waals surface area contributed by atoms with Crippen molar-refractivity contribution in [3.63, 3.8) is 0 Å². The zero-order valence-corrected chi connectivity index (χ0v) is 18.7. The Bertz CT molecular complexity index is 1220. The Hall–Kier alpha value is -3.58. The molecule has 6 nitrogen and oxygen atoms in total. The van der Waals surface area contributed by atoms with Crippen molar-refractivity contribution < 1.29 is 4.39 Å². The minimum atomic E-state index is -0.253. The second-order valence-corrected chi connectivity index (χ2v) is 8.46. The lowest BCUT2D eigenvalue weighted by molar-refractivity contribution is 0.285. The lowest BCUT2D eigenvalue weighted by Gasteiger charge is -2.21. The van der Waals surface area contributed by atoms with Crippen molar-refractivity contribution in [1.29, 1.82) is 0 Å². The lowest BCUT2D eigenvalue weighted by atomic mass is 10.1. The summed E-state index contributed by atoms with van der Waals surface area (Å²) in [6.45, 7) is 6.49. The molecule has 33 heavy (non-hydrogen) atoms. The van der Waals surface area contributed by atoms with Gasteiger partial charge in [-0.2, -0.15) is 5.10 Å². The highest BCUT2D eigenvalue weighted by Crippen LogP contribution is 2.26. The van der Waals surface area contributed by atoms with Gasteiger partial charge in [-0.1, -0.05) is 24.3 Å². The summed E-state index contributed by atoms with van der Waals surface area (Å²) in [4.78, 5) is 13.5. The first kappa shape index (κ1) is 21.3. The Labute approximate surface area is 193 Å². The van der Waals surface area contributed by atoms with E-state index in [1.54, 1.807) is 24.5 Å². The normalized spacial score (nSPS) is 14.9. The van der Waals surface area contributed by atoms with E-state index in [1.165, 1.54) is 11.6 Å². The van der Waals surface area contributed by atoms with E-state index < -0.39 is 0 Å². The van der Waals surface area contributed by atoms with Crippen molar-refractivity contribution in [2.24, 2.45) is 0 Å². The summed E-state index contributed by atoms with van der Waals surface area (Å²) in [5.41, 5.74) is 4.88. The SMILES string of the molecule is Cc1cccc(-n2cc(CN3CCCN(c4ncccn4)CC3)c(-c3cccc(F)c3)n2)c1. The number of halogens is 1. The highest BCUT2D eigenvalue weighted by atomic mass is 19.1. The largest absolute Gasteiger partial charge is 0.339 e. The van der Waals surface area contributed by atoms with Gasteiger partial charge in [0.2, 0.25) is 5.95 Å². The van der Waals surface area contributed by atoms with E-state index in [4.69, 9.17) is 5.10 Å². The molecule has 2 aromatic carbocycles. The molecule has 0 saturated carbocycles. The maximum atomic E-state index is 14.0. The molecule has 5 rings (SSSR count). The molecule has 3 heterocycles. The van der Waals surface area contributed by atoms with Crippen LogP contribution in [0.15, 0.2) is 73.2 Å². The first-order valence-corrected chi connectivity index (χ1v) is 11.3. The van der Waals surface area contributed by atoms with Gasteiger partial charge in [0, 0.05) is 62.4 Å². The van der Waals surface area contributed by atoms with E-state index in [9.17, 15) is 4.39 Å². The predicted octanol–water partition coefficient (Wildman–Crippen LogP) is 4.49. The smallest absolute Gasteiger partial charge is 0.225 e. The van der Waals surface area contributed by atoms with Gasteiger partial charge in [0.15, 0.2) is 0 Å². The average molecular weight is 443 g/mol. The van der Waals surface area contributed by atoms with Crippen LogP contribution in [0, 0.1) is 12.7 Å². The third-order valence-corrected chi connectivity index (χ3v) is 5.97. The highest BCUT2D eigenvalue weighted by molar-refractivity contribution is 5.63. The Balaban J connectivity index is 1.42. The molecule has 4 aromatic rings. The van der Waals surface area contributed by atoms with E-state index in [0.29, 0.717) is 0 Å². The summed E-state index contributed by atoms with van der Waals surface area (Å²) >= 11 is 0. The molecule has 168 valence electrons. The number of nitrogens with zero attached hydrogens (tertiary/aromatic N) is 6. The van der Waals surface area contributed by atoms with Crippen LogP contribution >= 0.6 is 0 Å². The third-order valence-electron chi connectivity index (χ3n) is 5.97. The number of anilines is 1. The van der Waals surface area contributed by atoms with Crippen molar-refractivity contribution in [2.45, 2.75) is 19.9 Å². The number of rotatable bonds is 5. The highest BCUT2D eigenvalue weighted by Gasteiger charge is 2.20. The minimum Gasteiger partial charge on any atom is -0.339 e. The third kappa shape index (κ3) is 4.93. The molecule has 0 radical (unpaired) electrons. The monoisotopic (exact) mass is 442 g/mol. The van der Waals surface area contributed by atoms with Gasteiger partial charge in [0.1, 0.15) is 5.82 Å². The van der Waals surface area contributed by atoms with E-state index in [0.717, 1.165) is 67.6 Å². The molecule has 7 heteroatoms. The molecule has 0 atom stereocenters. The van der Waals surface area contributed by atoms with Gasteiger partial charge < -0.3 is 4.90 Å². The number of benzene rings is 2. The molecule has 1 aliphatic heterocycles. The molecule has 0 unspecified atom stereocenters. The molecule has 0 spiro atoms. The van der Waals surface area contributed by atoms with Gasteiger partial charge in [-0.15, -0.1) is 0 Å². The number of hydrogen-bond acceptors (Lipinski definition) is 5. The van der Waals surface area contributed by atoms with Crippen molar-refractivity contribution in [1.82, 2.24) is 24.6 Å². The summed E-state index contributed by atoms with van der Waals surface area (Å²) < 4.78 is 15.9. The van der Waals surface area contributed by atoms with Crippen LogP contribution in [-0.4, -0.2) is 50.8 Å². The average Bonchev–Trinajstić information content (AvgIpc) is 3.11. The van der Waals surface area contributed by atoms with Gasteiger partial charge >= 0.3 is 0 Å². The summed E-state index contributed by atoms with van der Waals surface area (Å²) in [5.74, 6) is 0.531. The second kappa shape index (κ2) is 9.50. The molecule has 0 N–H and O–H groups in total. The van der Waals surface area contributed by atoms with Crippen molar-refractivity contribution in [3.05, 3.63) is 90.1 Å². The molecule has 1 fully saturated rings. The number of aromatic nitrogens is 4. The topological polar surface area (TPSA) is 50.1 Å². The van der Waals surface area contributed by atoms with Crippen LogP contribution in [-0.2, 0) is 6.54 Å². The fourth-order valence-electron chi connectivity index (χ4n) is 4.33. The first-order valence-electron chi connectivity index (χ1n) is 11.3. The fourth-order valence-corrected chi connectivity index (χ4v) is 4.33. The minimum absolute atomic E-state index is 0.253. The Morgan fingerprint density at radius 2 is 1.76 bits per heavy atom. The molecule has 0 aliphatic carbocycles. The first-order chi connectivity index (χ1) is 16.2. The van der Waals surface area contributed by atoms with Gasteiger partial charge in [0.05, 0.1) is 11.4 Å². The summed E-state index contributed by atoms with van der Waals surface area (Å²) in [6, 6.07) is 16.8. The maximum Gasteiger partial charge on any atom is 0.225 e. The Morgan fingerprint density at radius 3 is 2.58 bits per heavy atom. The van der Waals surface area contributed by atoms with Gasteiger partial charge in [-0.05, 0) is 49.2 Å². The summed E-state index contributed by atoms with van der Waals surface area (Å²) in [7, 11) is 0. The van der Waals surface area contributed by atoms with Gasteiger partial charge in [-0.25, -0.2) is 19.0 Å². The second-order valence-electron chi connectivity index (χ2n) is 8.46. The van der Waals surface area contributed by atoms with E-state index >= 15 is 0 Å². The van der Waals surface area contributed by atoms with Crippen LogP contribution in [0.3, 0.4) is 0 Å². The van der Waals surface area contributed by atoms with Crippen LogP contribution < -0.4 is 4.90 Å². The Morgan fingerprint density at radius 1 is 0.909 bits per heavy atom. The molecular weight excluding hydrogens is 415 g/mol. The van der Waals surface area contributed by atoms with Crippen LogP contribution in [0.1, 0.15) is 17.5 Å². The van der Waals surface area contributed by atoms with Crippen LogP contribution in [0.2, 0.25) is 0 Å². The van der Waals surface area contributed by atoms with Crippen molar-refractivity contribution >= 4 is 5.95 Å². The molecule has 2 aromatic heterocycles. The van der Waals surface area contributed by atoms with Gasteiger partial charge in [0.25, 0.3) is 0 Å². The summed E-state index contributed by atoms with van der Waals surface area (Å²) in [6.07, 6.45) is 6.68. The number of aryl methyl sites for hydroxylation is 1. The van der Waals surface area contributed by atoms with Crippen molar-refractivity contribution in [2.75, 3.05) is 31.1 Å². The predicted molar refractivity (Wildman–Crippen MR) is 128 cm³/mol. The van der Waals surface area contributed by atoms with Gasteiger partial charge in [-0.3, -0.25) is 4.90 Å². The van der Waals surface area contributed by atoms with E-state index in [-0.39, 0.29) is 5.82 Å². The molecular formula is C26H27FN6. The van der Waals surface area contributed by atoms with Crippen molar-refractivity contribution in [3.8, 4) is 16.9 Å². The quantitative estimate of drug-likeness (QED) is 0.456. The Kier molecular flexibility index (Phi) is 6.13. The standard InChI is InChI=1S/C26H27FN6/c1-20-6-2-9-24(16-20)33-19-22(25(30-33)21-7-3-8-23(27)17-21)18-31-12-5-13-32(15-14-31)26-28-10-4-11-29-26/h2-4,6-11,16-17,19H,5,12-15,18H2,1H3. The van der Waals surface area contributed by atoms with Crippen LogP contribution in [0.5, 0.6) is 0 Å². The molecule has 1 aliphatic rings. The zero-order valence-electron chi connectivity index (χ0n) is 18.7. The molecule has 1 saturated heterocycles. The summed E-state index contributed by atoms with van der Waals surface area (Å²) in [5, 5.41) is 4.88. The molecule has 0 amide bonds. The molecule has 0 bridgehead atoms. The maximum absolute atomic E-state index is 14.0.